The average molecular weight is 308 g/mol. The van der Waals surface area contributed by atoms with Gasteiger partial charge in [0.15, 0.2) is 0 Å². The molecule has 1 aliphatic heterocycles. The van der Waals surface area contributed by atoms with Crippen LogP contribution in [-0.4, -0.2) is 36.0 Å². The van der Waals surface area contributed by atoms with Crippen molar-refractivity contribution in [2.45, 2.75) is 18.7 Å². The lowest BCUT2D eigenvalue weighted by Gasteiger charge is -2.32. The number of nitrogens with zero attached hydrogens (tertiary/aromatic N) is 3. The summed E-state index contributed by atoms with van der Waals surface area (Å²) < 4.78 is 7.01. The lowest BCUT2D eigenvalue weighted by atomic mass is 10.2. The molecule has 1 fully saturated rings. The predicted molar refractivity (Wildman–Crippen MR) is 83.7 cm³/mol. The number of halogens is 1. The van der Waals surface area contributed by atoms with E-state index < -0.39 is 0 Å². The van der Waals surface area contributed by atoms with E-state index in [9.17, 15) is 4.79 Å². The summed E-state index contributed by atoms with van der Waals surface area (Å²) in [5.74, 6) is 0.616. The Kier molecular flexibility index (Phi) is 4.12. The van der Waals surface area contributed by atoms with E-state index in [0.717, 1.165) is 6.42 Å². The Labute approximate surface area is 128 Å². The number of para-hydroxylation sites is 1. The van der Waals surface area contributed by atoms with Crippen molar-refractivity contribution >= 4 is 22.5 Å². The number of alkyl halides is 1. The topological polar surface area (TPSA) is 47.4 Å². The van der Waals surface area contributed by atoms with Gasteiger partial charge in [0.2, 0.25) is 0 Å². The van der Waals surface area contributed by atoms with E-state index in [1.54, 1.807) is 10.7 Å². The van der Waals surface area contributed by atoms with Crippen molar-refractivity contribution in [2.24, 2.45) is 0 Å². The van der Waals surface area contributed by atoms with Crippen molar-refractivity contribution in [1.29, 1.82) is 0 Å². The van der Waals surface area contributed by atoms with Crippen molar-refractivity contribution in [1.82, 2.24) is 9.66 Å². The van der Waals surface area contributed by atoms with Crippen LogP contribution in [0.5, 0.6) is 0 Å². The third-order valence-corrected chi connectivity index (χ3v) is 4.19. The van der Waals surface area contributed by atoms with E-state index in [0.29, 0.717) is 43.0 Å². The molecule has 3 rings (SSSR count). The number of rotatable bonds is 3. The van der Waals surface area contributed by atoms with Crippen molar-refractivity contribution < 1.29 is 4.74 Å². The molecule has 2 aromatic rings. The lowest BCUT2D eigenvalue weighted by Crippen LogP contribution is -2.50. The van der Waals surface area contributed by atoms with Crippen LogP contribution >= 0.6 is 11.6 Å². The normalized spacial score (nSPS) is 17.1. The molecule has 1 saturated heterocycles. The number of aromatic nitrogens is 2. The summed E-state index contributed by atoms with van der Waals surface area (Å²) >= 11 is 6.41. The van der Waals surface area contributed by atoms with E-state index in [-0.39, 0.29) is 10.9 Å². The highest BCUT2D eigenvalue weighted by Gasteiger charge is 2.22. The number of fused-ring (bicyclic) bond motifs is 1. The zero-order chi connectivity index (χ0) is 14.8. The Hall–Kier alpha value is -1.59. The first-order valence-electron chi connectivity index (χ1n) is 7.21. The maximum atomic E-state index is 12.9. The van der Waals surface area contributed by atoms with Gasteiger partial charge in [0, 0.05) is 0 Å². The molecule has 0 spiro atoms. The van der Waals surface area contributed by atoms with E-state index in [2.05, 4.69) is 4.98 Å². The SMILES string of the molecule is CCC(Cl)c1nc2ccccc2c(=O)n1N1CCOCC1. The molecule has 5 nitrogen and oxygen atoms in total. The highest BCUT2D eigenvalue weighted by Crippen LogP contribution is 2.23. The van der Waals surface area contributed by atoms with Gasteiger partial charge in [-0.3, -0.25) is 4.79 Å². The molecule has 21 heavy (non-hydrogen) atoms. The fourth-order valence-corrected chi connectivity index (χ4v) is 2.69. The molecular formula is C15H18ClN3O2. The molecule has 1 atom stereocenters. The summed E-state index contributed by atoms with van der Waals surface area (Å²) in [5, 5.41) is 2.31. The second kappa shape index (κ2) is 6.03. The van der Waals surface area contributed by atoms with Crippen LogP contribution in [0.1, 0.15) is 24.5 Å². The zero-order valence-corrected chi connectivity index (χ0v) is 12.7. The van der Waals surface area contributed by atoms with Gasteiger partial charge in [0.05, 0.1) is 42.6 Å². The minimum absolute atomic E-state index is 0.0587. The summed E-state index contributed by atoms with van der Waals surface area (Å²) in [5.41, 5.74) is 0.637. The first-order valence-corrected chi connectivity index (χ1v) is 7.64. The highest BCUT2D eigenvalue weighted by atomic mass is 35.5. The van der Waals surface area contributed by atoms with Crippen molar-refractivity contribution in [2.75, 3.05) is 31.3 Å². The summed E-state index contributed by atoms with van der Waals surface area (Å²) in [4.78, 5) is 17.5. The quantitative estimate of drug-likeness (QED) is 0.814. The van der Waals surface area contributed by atoms with Gasteiger partial charge in [-0.15, -0.1) is 11.6 Å². The van der Waals surface area contributed by atoms with Gasteiger partial charge in [-0.25, -0.2) is 9.66 Å². The van der Waals surface area contributed by atoms with Crippen LogP contribution in [0, 0.1) is 0 Å². The molecule has 6 heteroatoms. The number of hydrogen-bond donors (Lipinski definition) is 0. The lowest BCUT2D eigenvalue weighted by molar-refractivity contribution is 0.110. The Balaban J connectivity index is 2.22. The Bertz CT molecular complexity index is 695. The van der Waals surface area contributed by atoms with Crippen LogP contribution < -0.4 is 10.6 Å². The van der Waals surface area contributed by atoms with Crippen LogP contribution in [0.15, 0.2) is 29.1 Å². The molecule has 0 N–H and O–H groups in total. The van der Waals surface area contributed by atoms with Gasteiger partial charge in [0.1, 0.15) is 5.82 Å². The van der Waals surface area contributed by atoms with E-state index in [1.807, 2.05) is 30.1 Å². The molecule has 1 aliphatic rings. The van der Waals surface area contributed by atoms with Gasteiger partial charge in [-0.1, -0.05) is 19.1 Å². The molecule has 0 saturated carbocycles. The Morgan fingerprint density at radius 2 is 2.05 bits per heavy atom. The maximum absolute atomic E-state index is 12.9. The standard InChI is InChI=1S/C15H18ClN3O2/c1-2-12(16)14-17-13-6-4-3-5-11(13)15(20)19(14)18-7-9-21-10-8-18/h3-6,12H,2,7-10H2,1H3. The van der Waals surface area contributed by atoms with Crippen LogP contribution in [-0.2, 0) is 4.74 Å². The maximum Gasteiger partial charge on any atom is 0.280 e. The van der Waals surface area contributed by atoms with Gasteiger partial charge in [0.25, 0.3) is 5.56 Å². The molecule has 1 unspecified atom stereocenters. The van der Waals surface area contributed by atoms with Crippen LogP contribution in [0.25, 0.3) is 10.9 Å². The molecule has 1 aromatic heterocycles. The van der Waals surface area contributed by atoms with Crippen LogP contribution in [0.4, 0.5) is 0 Å². The first-order chi connectivity index (χ1) is 10.2. The zero-order valence-electron chi connectivity index (χ0n) is 12.0. The fourth-order valence-electron chi connectivity index (χ4n) is 2.55. The van der Waals surface area contributed by atoms with Crippen LogP contribution in [0.2, 0.25) is 0 Å². The molecule has 1 aromatic carbocycles. The van der Waals surface area contributed by atoms with Crippen molar-refractivity contribution in [3.05, 3.63) is 40.4 Å². The monoisotopic (exact) mass is 307 g/mol. The Morgan fingerprint density at radius 3 is 2.76 bits per heavy atom. The summed E-state index contributed by atoms with van der Waals surface area (Å²) in [6, 6.07) is 7.39. The minimum Gasteiger partial charge on any atom is -0.378 e. The molecular weight excluding hydrogens is 290 g/mol. The molecule has 0 aliphatic carbocycles. The number of ether oxygens (including phenoxy) is 1. The molecule has 0 amide bonds. The van der Waals surface area contributed by atoms with Crippen LogP contribution in [0.3, 0.4) is 0 Å². The summed E-state index contributed by atoms with van der Waals surface area (Å²) in [6.45, 7) is 4.54. The fraction of sp³-hybridized carbons (Fsp3) is 0.467. The van der Waals surface area contributed by atoms with Crippen molar-refractivity contribution in [3.63, 3.8) is 0 Å². The molecule has 0 bridgehead atoms. The van der Waals surface area contributed by atoms with E-state index in [4.69, 9.17) is 16.3 Å². The summed E-state index contributed by atoms with van der Waals surface area (Å²) in [6.07, 6.45) is 0.719. The smallest absolute Gasteiger partial charge is 0.280 e. The predicted octanol–water partition coefficient (Wildman–Crippen LogP) is 2.05. The van der Waals surface area contributed by atoms with Gasteiger partial charge in [-0.2, -0.15) is 0 Å². The van der Waals surface area contributed by atoms with Gasteiger partial charge >= 0.3 is 0 Å². The van der Waals surface area contributed by atoms with Gasteiger partial charge in [-0.05, 0) is 18.6 Å². The molecule has 0 radical (unpaired) electrons. The highest BCUT2D eigenvalue weighted by molar-refractivity contribution is 6.20. The minimum atomic E-state index is -0.287. The average Bonchev–Trinajstić information content (AvgIpc) is 2.55. The molecule has 112 valence electrons. The number of benzene rings is 1. The molecule has 2 heterocycles. The second-order valence-electron chi connectivity index (χ2n) is 5.05. The third kappa shape index (κ3) is 2.63. The Morgan fingerprint density at radius 1 is 1.33 bits per heavy atom. The first kappa shape index (κ1) is 14.4. The van der Waals surface area contributed by atoms with Gasteiger partial charge < -0.3 is 9.75 Å². The van der Waals surface area contributed by atoms with Crippen molar-refractivity contribution in [3.8, 4) is 0 Å². The third-order valence-electron chi connectivity index (χ3n) is 3.69. The number of morpholine rings is 1. The van der Waals surface area contributed by atoms with E-state index >= 15 is 0 Å². The van der Waals surface area contributed by atoms with E-state index in [1.165, 1.54) is 0 Å². The second-order valence-corrected chi connectivity index (χ2v) is 5.57. The largest absolute Gasteiger partial charge is 0.378 e. The summed E-state index contributed by atoms with van der Waals surface area (Å²) in [7, 11) is 0. The number of hydrogen-bond acceptors (Lipinski definition) is 4.